The molecule has 0 aliphatic heterocycles. The van der Waals surface area contributed by atoms with E-state index in [2.05, 4.69) is 5.10 Å². The van der Waals surface area contributed by atoms with Gasteiger partial charge in [-0.2, -0.15) is 18.3 Å². The first-order valence-electron chi connectivity index (χ1n) is 5.36. The highest BCUT2D eigenvalue weighted by molar-refractivity contribution is 7.89. The minimum atomic E-state index is -4.53. The first-order valence-corrected chi connectivity index (χ1v) is 6.90. The molecule has 2 N–H and O–H groups in total. The molecule has 0 fully saturated rings. The van der Waals surface area contributed by atoms with E-state index in [-0.39, 0.29) is 4.90 Å². The Morgan fingerprint density at radius 3 is 2.35 bits per heavy atom. The number of hydrogen-bond acceptors (Lipinski definition) is 3. The molecular weight excluding hydrogens is 295 g/mol. The summed E-state index contributed by atoms with van der Waals surface area (Å²) in [4.78, 5) is -0.109. The van der Waals surface area contributed by atoms with Crippen LogP contribution >= 0.6 is 0 Å². The Balaban J connectivity index is 2.47. The van der Waals surface area contributed by atoms with E-state index in [0.717, 1.165) is 16.9 Å². The van der Waals surface area contributed by atoms with E-state index < -0.39 is 21.9 Å². The van der Waals surface area contributed by atoms with Gasteiger partial charge in [0, 0.05) is 6.20 Å². The molecule has 0 aliphatic carbocycles. The molecule has 0 radical (unpaired) electrons. The average Bonchev–Trinajstić information content (AvgIpc) is 2.76. The minimum Gasteiger partial charge on any atom is -0.240 e. The molecule has 1 aromatic carbocycles. The summed E-state index contributed by atoms with van der Waals surface area (Å²) < 4.78 is 60.8. The Kier molecular flexibility index (Phi) is 3.34. The van der Waals surface area contributed by atoms with Crippen LogP contribution < -0.4 is 5.14 Å². The lowest BCUT2D eigenvalue weighted by Gasteiger charge is -2.08. The van der Waals surface area contributed by atoms with E-state index in [1.54, 1.807) is 6.92 Å². The summed E-state index contributed by atoms with van der Waals surface area (Å²) in [6.45, 7) is 1.55. The maximum Gasteiger partial charge on any atom is 0.435 e. The molecular formula is C11H10F3N3O2S. The molecule has 0 saturated carbocycles. The van der Waals surface area contributed by atoms with Gasteiger partial charge in [-0.25, -0.2) is 18.2 Å². The zero-order valence-corrected chi connectivity index (χ0v) is 11.0. The molecule has 1 aromatic heterocycles. The molecule has 108 valence electrons. The Bertz CT molecular complexity index is 751. The van der Waals surface area contributed by atoms with Gasteiger partial charge in [0.15, 0.2) is 5.69 Å². The van der Waals surface area contributed by atoms with Gasteiger partial charge in [-0.3, -0.25) is 0 Å². The summed E-state index contributed by atoms with van der Waals surface area (Å²) in [5.74, 6) is 0. The van der Waals surface area contributed by atoms with Crippen LogP contribution in [0.15, 0.2) is 35.4 Å². The van der Waals surface area contributed by atoms with Crippen molar-refractivity contribution in [3.05, 3.63) is 41.7 Å². The number of aromatic nitrogens is 2. The van der Waals surface area contributed by atoms with Crippen molar-refractivity contribution in [2.24, 2.45) is 5.14 Å². The van der Waals surface area contributed by atoms with Crippen LogP contribution in [0.25, 0.3) is 5.69 Å². The summed E-state index contributed by atoms with van der Waals surface area (Å²) in [5, 5.41) is 8.39. The molecule has 5 nitrogen and oxygen atoms in total. The zero-order chi connectivity index (χ0) is 15.1. The van der Waals surface area contributed by atoms with Gasteiger partial charge in [-0.05, 0) is 36.8 Å². The number of nitrogens with two attached hydrogens (primary N) is 1. The van der Waals surface area contributed by atoms with Crippen molar-refractivity contribution in [2.75, 3.05) is 0 Å². The number of rotatable bonds is 2. The van der Waals surface area contributed by atoms with Crippen molar-refractivity contribution in [2.45, 2.75) is 18.0 Å². The lowest BCUT2D eigenvalue weighted by molar-refractivity contribution is -0.141. The predicted octanol–water partition coefficient (Wildman–Crippen LogP) is 1.85. The average molecular weight is 305 g/mol. The normalized spacial score (nSPS) is 12.7. The Morgan fingerprint density at radius 1 is 1.25 bits per heavy atom. The smallest absolute Gasteiger partial charge is 0.240 e. The third-order valence-electron chi connectivity index (χ3n) is 2.62. The largest absolute Gasteiger partial charge is 0.435 e. The molecule has 2 aromatic rings. The highest BCUT2D eigenvalue weighted by atomic mass is 32.2. The van der Waals surface area contributed by atoms with Crippen LogP contribution in [0.5, 0.6) is 0 Å². The number of primary sulfonamides is 1. The van der Waals surface area contributed by atoms with Crippen LogP contribution in [0.4, 0.5) is 13.2 Å². The first kappa shape index (κ1) is 14.5. The van der Waals surface area contributed by atoms with E-state index in [4.69, 9.17) is 5.14 Å². The minimum absolute atomic E-state index is 0.109. The van der Waals surface area contributed by atoms with E-state index in [0.29, 0.717) is 11.3 Å². The topological polar surface area (TPSA) is 78.0 Å². The summed E-state index contributed by atoms with van der Waals surface area (Å²) in [6, 6.07) is 4.68. The van der Waals surface area contributed by atoms with Crippen LogP contribution in [-0.4, -0.2) is 18.2 Å². The van der Waals surface area contributed by atoms with Crippen LogP contribution in [0, 0.1) is 6.92 Å². The fourth-order valence-electron chi connectivity index (χ4n) is 1.67. The second-order valence-corrected chi connectivity index (χ2v) is 5.70. The Hall–Kier alpha value is -1.87. The van der Waals surface area contributed by atoms with Gasteiger partial charge >= 0.3 is 6.18 Å². The van der Waals surface area contributed by atoms with Gasteiger partial charge in [0.2, 0.25) is 10.0 Å². The van der Waals surface area contributed by atoms with Crippen LogP contribution in [-0.2, 0) is 16.2 Å². The number of halogens is 3. The van der Waals surface area contributed by atoms with Gasteiger partial charge in [0.1, 0.15) is 0 Å². The maximum absolute atomic E-state index is 12.5. The van der Waals surface area contributed by atoms with Crippen molar-refractivity contribution >= 4 is 10.0 Å². The number of aryl methyl sites for hydroxylation is 1. The summed E-state index contributed by atoms with van der Waals surface area (Å²) in [6.07, 6.45) is -3.37. The quantitative estimate of drug-likeness (QED) is 0.919. The summed E-state index contributed by atoms with van der Waals surface area (Å²) >= 11 is 0. The molecule has 20 heavy (non-hydrogen) atoms. The highest BCUT2D eigenvalue weighted by Gasteiger charge is 2.33. The molecule has 0 amide bonds. The van der Waals surface area contributed by atoms with Crippen LogP contribution in [0.2, 0.25) is 0 Å². The number of sulfonamides is 1. The zero-order valence-electron chi connectivity index (χ0n) is 10.2. The Labute approximate surface area is 112 Å². The van der Waals surface area contributed by atoms with Gasteiger partial charge in [0.25, 0.3) is 0 Å². The molecule has 2 rings (SSSR count). The molecule has 1 heterocycles. The van der Waals surface area contributed by atoms with Crippen molar-refractivity contribution in [1.82, 2.24) is 9.78 Å². The SMILES string of the molecule is Cc1cc(S(N)(=O)=O)ccc1-n1ccc(C(F)(F)F)n1. The van der Waals surface area contributed by atoms with E-state index in [1.165, 1.54) is 18.2 Å². The Morgan fingerprint density at radius 2 is 1.90 bits per heavy atom. The number of nitrogens with zero attached hydrogens (tertiary/aromatic N) is 2. The number of hydrogen-bond donors (Lipinski definition) is 1. The van der Waals surface area contributed by atoms with E-state index in [9.17, 15) is 21.6 Å². The molecule has 0 unspecified atom stereocenters. The third kappa shape index (κ3) is 2.83. The molecule has 0 bridgehead atoms. The number of benzene rings is 1. The lowest BCUT2D eigenvalue weighted by atomic mass is 10.2. The van der Waals surface area contributed by atoms with Gasteiger partial charge in [-0.15, -0.1) is 0 Å². The fraction of sp³-hybridized carbons (Fsp3) is 0.182. The van der Waals surface area contributed by atoms with Crippen LogP contribution in [0.1, 0.15) is 11.3 Å². The lowest BCUT2D eigenvalue weighted by Crippen LogP contribution is -2.13. The van der Waals surface area contributed by atoms with E-state index in [1.807, 2.05) is 0 Å². The molecule has 0 aliphatic rings. The van der Waals surface area contributed by atoms with Crippen molar-refractivity contribution in [1.29, 1.82) is 0 Å². The summed E-state index contributed by atoms with van der Waals surface area (Å²) in [7, 11) is -3.85. The van der Waals surface area contributed by atoms with Crippen molar-refractivity contribution in [3.8, 4) is 5.69 Å². The van der Waals surface area contributed by atoms with E-state index >= 15 is 0 Å². The van der Waals surface area contributed by atoms with Gasteiger partial charge in [-0.1, -0.05) is 0 Å². The first-order chi connectivity index (χ1) is 9.09. The fourth-order valence-corrected chi connectivity index (χ4v) is 2.27. The van der Waals surface area contributed by atoms with Crippen molar-refractivity contribution < 1.29 is 21.6 Å². The standard InChI is InChI=1S/C11H10F3N3O2S/c1-7-6-8(20(15,18)19)2-3-9(7)17-5-4-10(16-17)11(12,13)14/h2-6H,1H3,(H2,15,18,19). The number of alkyl halides is 3. The highest BCUT2D eigenvalue weighted by Crippen LogP contribution is 2.28. The monoisotopic (exact) mass is 305 g/mol. The molecule has 0 spiro atoms. The van der Waals surface area contributed by atoms with Gasteiger partial charge in [0.05, 0.1) is 10.6 Å². The van der Waals surface area contributed by atoms with Crippen LogP contribution in [0.3, 0.4) is 0 Å². The molecule has 9 heteroatoms. The molecule has 0 atom stereocenters. The van der Waals surface area contributed by atoms with Crippen molar-refractivity contribution in [3.63, 3.8) is 0 Å². The molecule has 0 saturated heterocycles. The second-order valence-electron chi connectivity index (χ2n) is 4.14. The second kappa shape index (κ2) is 4.60. The third-order valence-corrected chi connectivity index (χ3v) is 3.53. The van der Waals surface area contributed by atoms with Gasteiger partial charge < -0.3 is 0 Å². The maximum atomic E-state index is 12.5. The predicted molar refractivity (Wildman–Crippen MR) is 64.7 cm³/mol. The summed E-state index contributed by atoms with van der Waals surface area (Å²) in [5.41, 5.74) is -0.242.